The molecule has 2 atom stereocenters. The normalized spacial score (nSPS) is 34.4. The van der Waals surface area contributed by atoms with Crippen molar-refractivity contribution in [2.45, 2.75) is 44.2 Å². The summed E-state index contributed by atoms with van der Waals surface area (Å²) in [6, 6.07) is -0.0253. The number of carbonyl (C=O) groups excluding carboxylic acids is 1. The second-order valence-corrected chi connectivity index (χ2v) is 4.76. The molecule has 2 unspecified atom stereocenters. The second-order valence-electron chi connectivity index (χ2n) is 4.76. The first-order valence-corrected chi connectivity index (χ1v) is 5.82. The molecule has 2 heterocycles. The van der Waals surface area contributed by atoms with E-state index in [0.717, 1.165) is 32.4 Å². The van der Waals surface area contributed by atoms with Crippen molar-refractivity contribution in [3.8, 4) is 0 Å². The molecule has 16 heavy (non-hydrogen) atoms. The van der Waals surface area contributed by atoms with Gasteiger partial charge in [-0.15, -0.1) is 0 Å². The minimum absolute atomic E-state index is 0.0253. The lowest BCUT2D eigenvalue weighted by molar-refractivity contribution is -0.149. The molecule has 0 aromatic carbocycles. The van der Waals surface area contributed by atoms with Crippen molar-refractivity contribution < 1.29 is 14.7 Å². The van der Waals surface area contributed by atoms with E-state index in [0.29, 0.717) is 6.42 Å². The monoisotopic (exact) mass is 226 g/mol. The van der Waals surface area contributed by atoms with Crippen LogP contribution in [-0.2, 0) is 9.59 Å². The lowest BCUT2D eigenvalue weighted by atomic mass is 9.85. The number of nitrogens with zero attached hydrogens (tertiary/aromatic N) is 1. The van der Waals surface area contributed by atoms with Gasteiger partial charge in [-0.1, -0.05) is 6.42 Å². The quantitative estimate of drug-likeness (QED) is 0.706. The van der Waals surface area contributed by atoms with Gasteiger partial charge in [-0.3, -0.25) is 9.69 Å². The Morgan fingerprint density at radius 1 is 1.38 bits per heavy atom. The summed E-state index contributed by atoms with van der Waals surface area (Å²) in [5, 5.41) is 12.1. The molecule has 2 N–H and O–H groups in total. The van der Waals surface area contributed by atoms with Crippen LogP contribution in [0.15, 0.2) is 0 Å². The van der Waals surface area contributed by atoms with Gasteiger partial charge in [0.15, 0.2) is 5.54 Å². The molecular weight excluding hydrogens is 208 g/mol. The first-order valence-electron chi connectivity index (χ1n) is 5.82. The van der Waals surface area contributed by atoms with Crippen molar-refractivity contribution in [3.05, 3.63) is 0 Å². The van der Waals surface area contributed by atoms with Crippen LogP contribution in [0.1, 0.15) is 32.6 Å². The molecule has 0 saturated carbocycles. The lowest BCUT2D eigenvalue weighted by Crippen LogP contribution is -2.62. The number of rotatable bonds is 2. The van der Waals surface area contributed by atoms with Crippen molar-refractivity contribution in [3.63, 3.8) is 0 Å². The van der Waals surface area contributed by atoms with Crippen molar-refractivity contribution in [1.82, 2.24) is 10.2 Å². The minimum Gasteiger partial charge on any atom is -0.479 e. The number of carboxylic acid groups (broad SMARTS) is 1. The van der Waals surface area contributed by atoms with Crippen molar-refractivity contribution in [2.75, 3.05) is 13.1 Å². The Bertz CT molecular complexity index is 318. The molecule has 2 aliphatic rings. The minimum atomic E-state index is -1.05. The number of piperidine rings is 1. The Morgan fingerprint density at radius 2 is 2.12 bits per heavy atom. The van der Waals surface area contributed by atoms with Gasteiger partial charge in [0, 0.05) is 19.5 Å². The summed E-state index contributed by atoms with van der Waals surface area (Å²) in [4.78, 5) is 24.9. The highest BCUT2D eigenvalue weighted by Crippen LogP contribution is 2.35. The fraction of sp³-hybridized carbons (Fsp3) is 0.818. The van der Waals surface area contributed by atoms with Gasteiger partial charge in [0.2, 0.25) is 5.91 Å². The van der Waals surface area contributed by atoms with Gasteiger partial charge in [-0.25, -0.2) is 4.79 Å². The zero-order valence-corrected chi connectivity index (χ0v) is 9.53. The smallest absolute Gasteiger partial charge is 0.331 e. The summed E-state index contributed by atoms with van der Waals surface area (Å²) in [6.45, 7) is 3.12. The SMILES string of the molecule is CC(=O)NC1(C(=O)O)CCN2CCCCC21. The summed E-state index contributed by atoms with van der Waals surface area (Å²) in [6.07, 6.45) is 3.57. The Kier molecular flexibility index (Phi) is 2.88. The van der Waals surface area contributed by atoms with Gasteiger partial charge in [-0.2, -0.15) is 0 Å². The van der Waals surface area contributed by atoms with Crippen LogP contribution >= 0.6 is 0 Å². The molecule has 2 saturated heterocycles. The third-order valence-electron chi connectivity index (χ3n) is 3.76. The number of carbonyl (C=O) groups is 2. The number of amides is 1. The Morgan fingerprint density at radius 3 is 2.75 bits per heavy atom. The van der Waals surface area contributed by atoms with E-state index in [2.05, 4.69) is 10.2 Å². The highest BCUT2D eigenvalue weighted by Gasteiger charge is 2.53. The number of aliphatic carboxylic acids is 1. The van der Waals surface area contributed by atoms with Crippen molar-refractivity contribution in [2.24, 2.45) is 0 Å². The number of fused-ring (bicyclic) bond motifs is 1. The molecule has 5 heteroatoms. The Labute approximate surface area is 94.8 Å². The van der Waals surface area contributed by atoms with E-state index in [1.807, 2.05) is 0 Å². The van der Waals surface area contributed by atoms with Gasteiger partial charge in [0.1, 0.15) is 0 Å². The van der Waals surface area contributed by atoms with Crippen LogP contribution in [0, 0.1) is 0 Å². The second kappa shape index (κ2) is 4.05. The third kappa shape index (κ3) is 1.69. The molecule has 0 aliphatic carbocycles. The van der Waals surface area contributed by atoms with E-state index in [4.69, 9.17) is 0 Å². The van der Waals surface area contributed by atoms with E-state index >= 15 is 0 Å². The average Bonchev–Trinajstić information content (AvgIpc) is 2.58. The molecule has 0 aromatic heterocycles. The molecule has 0 aromatic rings. The van der Waals surface area contributed by atoms with E-state index in [1.54, 1.807) is 0 Å². The van der Waals surface area contributed by atoms with Gasteiger partial charge in [0.25, 0.3) is 0 Å². The number of nitrogens with one attached hydrogen (secondary N) is 1. The van der Waals surface area contributed by atoms with Gasteiger partial charge in [-0.05, 0) is 25.8 Å². The molecule has 5 nitrogen and oxygen atoms in total. The maximum absolute atomic E-state index is 11.5. The summed E-state index contributed by atoms with van der Waals surface area (Å²) < 4.78 is 0. The number of hydrogen-bond donors (Lipinski definition) is 2. The largest absolute Gasteiger partial charge is 0.479 e. The van der Waals surface area contributed by atoms with Crippen LogP contribution in [0.25, 0.3) is 0 Å². The summed E-state index contributed by atoms with van der Waals surface area (Å²) in [5.74, 6) is -1.15. The maximum Gasteiger partial charge on any atom is 0.331 e. The zero-order chi connectivity index (χ0) is 11.8. The molecule has 2 aliphatic heterocycles. The Balaban J connectivity index is 2.25. The standard InChI is InChI=1S/C11H18N2O3/c1-8(14)12-11(10(15)16)5-7-13-6-3-2-4-9(11)13/h9H,2-7H2,1H3,(H,12,14)(H,15,16). The number of carboxylic acids is 1. The lowest BCUT2D eigenvalue weighted by Gasteiger charge is -2.38. The van der Waals surface area contributed by atoms with E-state index in [9.17, 15) is 14.7 Å². The highest BCUT2D eigenvalue weighted by molar-refractivity contribution is 5.87. The van der Waals surface area contributed by atoms with Crippen LogP contribution in [0.5, 0.6) is 0 Å². The summed E-state index contributed by atoms with van der Waals surface area (Å²) in [7, 11) is 0. The summed E-state index contributed by atoms with van der Waals surface area (Å²) >= 11 is 0. The first-order chi connectivity index (χ1) is 7.56. The van der Waals surface area contributed by atoms with E-state index in [1.165, 1.54) is 6.92 Å². The summed E-state index contributed by atoms with van der Waals surface area (Å²) in [5.41, 5.74) is -1.05. The third-order valence-corrected chi connectivity index (χ3v) is 3.76. The highest BCUT2D eigenvalue weighted by atomic mass is 16.4. The molecule has 0 bridgehead atoms. The van der Waals surface area contributed by atoms with Gasteiger partial charge < -0.3 is 10.4 Å². The van der Waals surface area contributed by atoms with Crippen molar-refractivity contribution in [1.29, 1.82) is 0 Å². The first kappa shape index (κ1) is 11.4. The van der Waals surface area contributed by atoms with Crippen LogP contribution in [0.3, 0.4) is 0 Å². The van der Waals surface area contributed by atoms with Crippen molar-refractivity contribution >= 4 is 11.9 Å². The molecule has 2 rings (SSSR count). The Hall–Kier alpha value is -1.10. The fourth-order valence-corrected chi connectivity index (χ4v) is 3.07. The van der Waals surface area contributed by atoms with Gasteiger partial charge in [0.05, 0.1) is 0 Å². The van der Waals surface area contributed by atoms with E-state index in [-0.39, 0.29) is 11.9 Å². The van der Waals surface area contributed by atoms with Crippen LogP contribution < -0.4 is 5.32 Å². The topological polar surface area (TPSA) is 69.6 Å². The zero-order valence-electron chi connectivity index (χ0n) is 9.53. The fourth-order valence-electron chi connectivity index (χ4n) is 3.07. The number of hydrogen-bond acceptors (Lipinski definition) is 3. The molecule has 0 spiro atoms. The average molecular weight is 226 g/mol. The molecule has 0 radical (unpaired) electrons. The predicted molar refractivity (Wildman–Crippen MR) is 58.0 cm³/mol. The van der Waals surface area contributed by atoms with Gasteiger partial charge >= 0.3 is 5.97 Å². The molecule has 90 valence electrons. The van der Waals surface area contributed by atoms with E-state index < -0.39 is 11.5 Å². The maximum atomic E-state index is 11.5. The van der Waals surface area contributed by atoms with Crippen LogP contribution in [0.4, 0.5) is 0 Å². The molecule has 2 fully saturated rings. The predicted octanol–water partition coefficient (Wildman–Crippen LogP) is 0.204. The van der Waals surface area contributed by atoms with Crippen LogP contribution in [0.2, 0.25) is 0 Å². The van der Waals surface area contributed by atoms with Crippen LogP contribution in [-0.4, -0.2) is 46.6 Å². The molecular formula is C11H18N2O3. The molecule has 1 amide bonds.